The third kappa shape index (κ3) is 48.4. The number of hydrogen-bond donors (Lipinski definition) is 0. The van der Waals surface area contributed by atoms with E-state index in [-0.39, 0.29) is 31.1 Å². The van der Waals surface area contributed by atoms with Crippen molar-refractivity contribution >= 4 is 17.9 Å². The first-order chi connectivity index (χ1) is 30.5. The molecule has 0 saturated carbocycles. The van der Waals surface area contributed by atoms with Gasteiger partial charge in [0.25, 0.3) is 0 Å². The Morgan fingerprint density at radius 2 is 0.629 bits per heavy atom. The van der Waals surface area contributed by atoms with E-state index in [1.54, 1.807) is 0 Å². The first kappa shape index (κ1) is 59.4. The molecule has 0 aliphatic carbocycles. The van der Waals surface area contributed by atoms with E-state index < -0.39 is 6.10 Å². The predicted molar refractivity (Wildman–Crippen MR) is 265 cm³/mol. The summed E-state index contributed by atoms with van der Waals surface area (Å²) in [7, 11) is 0. The molecule has 0 amide bonds. The van der Waals surface area contributed by atoms with Crippen LogP contribution in [0.1, 0.15) is 271 Å². The smallest absolute Gasteiger partial charge is 0.306 e. The zero-order chi connectivity index (χ0) is 45.1. The number of hydrogen-bond acceptors (Lipinski definition) is 6. The van der Waals surface area contributed by atoms with E-state index in [0.717, 1.165) is 89.9 Å². The Hall–Kier alpha value is -2.63. The van der Waals surface area contributed by atoms with E-state index in [1.807, 2.05) is 0 Å². The van der Waals surface area contributed by atoms with Crippen molar-refractivity contribution in [2.45, 2.75) is 277 Å². The van der Waals surface area contributed by atoms with Crippen LogP contribution in [0.2, 0.25) is 0 Å². The second-order valence-corrected chi connectivity index (χ2v) is 17.7. The number of carbonyl (C=O) groups is 3. The predicted octanol–water partition coefficient (Wildman–Crippen LogP) is 17.5. The maximum atomic E-state index is 12.8. The van der Waals surface area contributed by atoms with Crippen LogP contribution in [0.3, 0.4) is 0 Å². The number of ether oxygens (including phenoxy) is 3. The highest BCUT2D eigenvalue weighted by atomic mass is 16.6. The summed E-state index contributed by atoms with van der Waals surface area (Å²) in [5.74, 6) is -0.904. The van der Waals surface area contributed by atoms with E-state index in [1.165, 1.54) is 141 Å². The maximum Gasteiger partial charge on any atom is 0.306 e. The minimum absolute atomic E-state index is 0.0824. The van der Waals surface area contributed by atoms with Crippen molar-refractivity contribution in [3.05, 3.63) is 48.6 Å². The summed E-state index contributed by atoms with van der Waals surface area (Å²) in [6.07, 6.45) is 60.9. The standard InChI is InChI=1S/C56H100O6/c1-4-7-10-13-16-19-22-25-27-28-29-32-34-37-40-43-46-49-55(58)61-52-53(51-60-54(57)48-45-42-39-36-33-30-24-21-18-15-12-9-6-3)62-56(59)50-47-44-41-38-35-31-26-23-20-17-14-11-8-5-2/h8,11,17,20,25,27,30,33,53H,4-7,9-10,12-16,18-19,21-24,26,28-29,31-32,34-52H2,1-3H3/b11-8-,20-17-,27-25-,33-30-. The van der Waals surface area contributed by atoms with Gasteiger partial charge < -0.3 is 14.2 Å². The van der Waals surface area contributed by atoms with E-state index in [4.69, 9.17) is 14.2 Å². The molecular formula is C56H100O6. The van der Waals surface area contributed by atoms with E-state index in [9.17, 15) is 14.4 Å². The van der Waals surface area contributed by atoms with Crippen LogP contribution in [0.5, 0.6) is 0 Å². The van der Waals surface area contributed by atoms with E-state index in [2.05, 4.69) is 69.4 Å². The third-order valence-electron chi connectivity index (χ3n) is 11.5. The monoisotopic (exact) mass is 869 g/mol. The van der Waals surface area contributed by atoms with Crippen LogP contribution in [0.25, 0.3) is 0 Å². The molecule has 6 heteroatoms. The second-order valence-electron chi connectivity index (χ2n) is 17.7. The highest BCUT2D eigenvalue weighted by Gasteiger charge is 2.19. The van der Waals surface area contributed by atoms with Crippen LogP contribution in [-0.4, -0.2) is 37.2 Å². The summed E-state index contributed by atoms with van der Waals surface area (Å²) < 4.78 is 16.8. The summed E-state index contributed by atoms with van der Waals surface area (Å²) >= 11 is 0. The summed E-state index contributed by atoms with van der Waals surface area (Å²) in [5, 5.41) is 0. The van der Waals surface area contributed by atoms with E-state index in [0.29, 0.717) is 19.3 Å². The largest absolute Gasteiger partial charge is 0.462 e. The highest BCUT2D eigenvalue weighted by molar-refractivity contribution is 5.71. The van der Waals surface area contributed by atoms with Crippen LogP contribution < -0.4 is 0 Å². The molecule has 0 aliphatic rings. The number of esters is 3. The maximum absolute atomic E-state index is 12.8. The lowest BCUT2D eigenvalue weighted by molar-refractivity contribution is -0.167. The lowest BCUT2D eigenvalue weighted by Gasteiger charge is -2.18. The summed E-state index contributed by atoms with van der Waals surface area (Å²) in [4.78, 5) is 38.0. The van der Waals surface area contributed by atoms with Crippen molar-refractivity contribution in [3.8, 4) is 0 Å². The van der Waals surface area contributed by atoms with Gasteiger partial charge in [-0.05, 0) is 96.3 Å². The Kier molecular flexibility index (Phi) is 48.8. The molecule has 360 valence electrons. The molecule has 0 aromatic rings. The van der Waals surface area contributed by atoms with Crippen LogP contribution in [0.4, 0.5) is 0 Å². The van der Waals surface area contributed by atoms with Crippen molar-refractivity contribution in [3.63, 3.8) is 0 Å². The van der Waals surface area contributed by atoms with Gasteiger partial charge in [0.15, 0.2) is 6.10 Å². The topological polar surface area (TPSA) is 78.9 Å². The Morgan fingerprint density at radius 3 is 1.00 bits per heavy atom. The SMILES string of the molecule is CC/C=C\C/C=C\CCCCCCCCCC(=O)OC(COC(=O)CCCCC/C=C\CCCCCCCC)COC(=O)CCCCCCCCC/C=C\CCCCCCCC. The molecule has 62 heavy (non-hydrogen) atoms. The van der Waals surface area contributed by atoms with Gasteiger partial charge >= 0.3 is 17.9 Å². The number of unbranched alkanes of at least 4 members (excludes halogenated alkanes) is 29. The van der Waals surface area contributed by atoms with E-state index >= 15 is 0 Å². The molecular weight excluding hydrogens is 769 g/mol. The van der Waals surface area contributed by atoms with Crippen molar-refractivity contribution in [1.82, 2.24) is 0 Å². The van der Waals surface area contributed by atoms with Gasteiger partial charge in [-0.1, -0.05) is 204 Å². The lowest BCUT2D eigenvalue weighted by Crippen LogP contribution is -2.30. The summed E-state index contributed by atoms with van der Waals surface area (Å²) in [6, 6.07) is 0. The average molecular weight is 869 g/mol. The molecule has 0 spiro atoms. The van der Waals surface area contributed by atoms with Gasteiger partial charge in [0, 0.05) is 19.3 Å². The zero-order valence-corrected chi connectivity index (χ0v) is 41.1. The van der Waals surface area contributed by atoms with Crippen LogP contribution in [-0.2, 0) is 28.6 Å². The van der Waals surface area contributed by atoms with Gasteiger partial charge in [-0.25, -0.2) is 0 Å². The minimum Gasteiger partial charge on any atom is -0.462 e. The van der Waals surface area contributed by atoms with Crippen molar-refractivity contribution in [1.29, 1.82) is 0 Å². The van der Waals surface area contributed by atoms with Crippen molar-refractivity contribution < 1.29 is 28.6 Å². The zero-order valence-electron chi connectivity index (χ0n) is 41.1. The fraction of sp³-hybridized carbons (Fsp3) is 0.804. The molecule has 0 aromatic carbocycles. The van der Waals surface area contributed by atoms with Crippen molar-refractivity contribution in [2.24, 2.45) is 0 Å². The molecule has 0 rings (SSSR count). The molecule has 6 nitrogen and oxygen atoms in total. The summed E-state index contributed by atoms with van der Waals surface area (Å²) in [6.45, 7) is 6.51. The molecule has 0 bridgehead atoms. The normalized spacial score (nSPS) is 12.4. The first-order valence-electron chi connectivity index (χ1n) is 26.6. The minimum atomic E-state index is -0.783. The van der Waals surface area contributed by atoms with Gasteiger partial charge in [0.1, 0.15) is 13.2 Å². The molecule has 0 radical (unpaired) electrons. The molecule has 0 fully saturated rings. The van der Waals surface area contributed by atoms with Gasteiger partial charge in [0.2, 0.25) is 0 Å². The molecule has 0 N–H and O–H groups in total. The van der Waals surface area contributed by atoms with Gasteiger partial charge in [-0.15, -0.1) is 0 Å². The Labute approximate surface area is 384 Å². The molecule has 0 aromatic heterocycles. The second kappa shape index (κ2) is 51.0. The Morgan fingerprint density at radius 1 is 0.339 bits per heavy atom. The van der Waals surface area contributed by atoms with Crippen molar-refractivity contribution in [2.75, 3.05) is 13.2 Å². The number of rotatable bonds is 48. The lowest BCUT2D eigenvalue weighted by atomic mass is 10.1. The summed E-state index contributed by atoms with van der Waals surface area (Å²) in [5.41, 5.74) is 0. The molecule has 0 saturated heterocycles. The number of allylic oxidation sites excluding steroid dienone is 8. The Bertz CT molecular complexity index is 1090. The van der Waals surface area contributed by atoms with Crippen LogP contribution >= 0.6 is 0 Å². The first-order valence-corrected chi connectivity index (χ1v) is 26.6. The van der Waals surface area contributed by atoms with Crippen LogP contribution in [0.15, 0.2) is 48.6 Å². The fourth-order valence-electron chi connectivity index (χ4n) is 7.53. The van der Waals surface area contributed by atoms with Crippen LogP contribution in [0, 0.1) is 0 Å². The Balaban J connectivity index is 4.38. The van der Waals surface area contributed by atoms with Gasteiger partial charge in [0.05, 0.1) is 0 Å². The molecule has 1 atom stereocenters. The average Bonchev–Trinajstić information content (AvgIpc) is 3.27. The third-order valence-corrected chi connectivity index (χ3v) is 11.5. The van der Waals surface area contributed by atoms with Gasteiger partial charge in [-0.2, -0.15) is 0 Å². The number of carbonyl (C=O) groups excluding carboxylic acids is 3. The molecule has 0 heterocycles. The molecule has 0 aliphatic heterocycles. The van der Waals surface area contributed by atoms with Gasteiger partial charge in [-0.3, -0.25) is 14.4 Å². The molecule has 1 unspecified atom stereocenters. The fourth-order valence-corrected chi connectivity index (χ4v) is 7.53. The quantitative estimate of drug-likeness (QED) is 0.0262. The highest BCUT2D eigenvalue weighted by Crippen LogP contribution is 2.15.